The van der Waals surface area contributed by atoms with Gasteiger partial charge < -0.3 is 20.8 Å². The number of hydrogen-bond acceptors (Lipinski definition) is 7. The Labute approximate surface area is 185 Å². The maximum atomic E-state index is 6.15. The molecular weight excluding hydrogens is 408 g/mol. The molecule has 0 aliphatic rings. The molecule has 0 aromatic carbocycles. The van der Waals surface area contributed by atoms with E-state index in [0.29, 0.717) is 23.0 Å². The first kappa shape index (κ1) is 21.1. The molecule has 0 unspecified atom stereocenters. The van der Waals surface area contributed by atoms with Crippen LogP contribution in [0.3, 0.4) is 0 Å². The molecule has 32 heavy (non-hydrogen) atoms. The average Bonchev–Trinajstić information content (AvgIpc) is 3.39. The monoisotopic (exact) mass is 434 g/mol. The van der Waals surface area contributed by atoms with Gasteiger partial charge in [0.1, 0.15) is 11.4 Å². The number of amidine groups is 1. The summed E-state index contributed by atoms with van der Waals surface area (Å²) in [5, 5.41) is 9.19. The summed E-state index contributed by atoms with van der Waals surface area (Å²) in [6.45, 7) is 5.74. The van der Waals surface area contributed by atoms with E-state index in [-0.39, 0.29) is 17.8 Å². The Balaban J connectivity index is 1.91. The Morgan fingerprint density at radius 2 is 1.97 bits per heavy atom. The number of aliphatic imine (C=N–C) groups is 1. The smallest absolute Gasteiger partial charge is 0.218 e. The highest BCUT2D eigenvalue weighted by molar-refractivity contribution is 5.95. The van der Waals surface area contributed by atoms with Crippen LogP contribution in [0.5, 0.6) is 0 Å². The topological polar surface area (TPSA) is 139 Å². The van der Waals surface area contributed by atoms with E-state index >= 15 is 0 Å². The van der Waals surface area contributed by atoms with Crippen molar-refractivity contribution >= 4 is 17.2 Å². The van der Waals surface area contributed by atoms with E-state index in [1.807, 2.05) is 64.1 Å². The molecule has 0 amide bonds. The first-order valence-electron chi connectivity index (χ1n) is 10.1. The molecule has 0 saturated heterocycles. The molecule has 0 aliphatic carbocycles. The fraction of sp³-hybridized carbons (Fsp3) is 0.286. The number of hydrogen-bond donors (Lipinski definition) is 2. The molecule has 4 aromatic rings. The van der Waals surface area contributed by atoms with Crippen LogP contribution < -0.4 is 11.5 Å². The van der Waals surface area contributed by atoms with Crippen LogP contribution in [0, 0.1) is 6.92 Å². The molecule has 11 heteroatoms. The van der Waals surface area contributed by atoms with Gasteiger partial charge in [0.2, 0.25) is 5.82 Å². The van der Waals surface area contributed by atoms with Gasteiger partial charge in [0.05, 0.1) is 11.8 Å². The Kier molecular flexibility index (Phi) is 5.39. The van der Waals surface area contributed by atoms with Crippen LogP contribution in [0.1, 0.15) is 19.4 Å². The molecule has 0 saturated carbocycles. The van der Waals surface area contributed by atoms with Crippen LogP contribution in [0.15, 0.2) is 47.8 Å². The van der Waals surface area contributed by atoms with Crippen molar-refractivity contribution in [3.63, 3.8) is 0 Å². The number of aromatic nitrogens is 7. The number of rotatable bonds is 6. The van der Waals surface area contributed by atoms with Crippen molar-refractivity contribution in [2.45, 2.75) is 26.9 Å². The third kappa shape index (κ3) is 4.04. The van der Waals surface area contributed by atoms with Gasteiger partial charge in [0.15, 0.2) is 17.5 Å². The molecule has 4 rings (SSSR count). The molecule has 0 radical (unpaired) electrons. The minimum atomic E-state index is -0.0753. The summed E-state index contributed by atoms with van der Waals surface area (Å²) >= 11 is 0. The lowest BCUT2D eigenvalue weighted by Crippen LogP contribution is -2.15. The molecule has 4 aromatic heterocycles. The predicted octanol–water partition coefficient (Wildman–Crippen LogP) is 2.05. The third-order valence-electron chi connectivity index (χ3n) is 4.77. The van der Waals surface area contributed by atoms with Crippen LogP contribution in [-0.4, -0.2) is 45.9 Å². The van der Waals surface area contributed by atoms with Gasteiger partial charge in [-0.2, -0.15) is 5.10 Å². The summed E-state index contributed by atoms with van der Waals surface area (Å²) < 4.78 is 10.8. The van der Waals surface area contributed by atoms with E-state index < -0.39 is 0 Å². The van der Waals surface area contributed by atoms with Crippen molar-refractivity contribution in [1.82, 2.24) is 33.9 Å². The SMILES string of the molecule is Cc1c(-c2ccn(C)n2)cn2nc(-c3nccn3C)nc(N=C(N)/C=C(\N)OC(C)C)c12. The largest absolute Gasteiger partial charge is 0.477 e. The summed E-state index contributed by atoms with van der Waals surface area (Å²) in [4.78, 5) is 13.6. The number of aryl methyl sites for hydroxylation is 3. The third-order valence-corrected chi connectivity index (χ3v) is 4.77. The molecule has 11 nitrogen and oxygen atoms in total. The molecule has 0 atom stereocenters. The number of nitrogens with two attached hydrogens (primary N) is 2. The Hall–Kier alpha value is -4.15. The fourth-order valence-corrected chi connectivity index (χ4v) is 3.39. The van der Waals surface area contributed by atoms with Crippen LogP contribution in [-0.2, 0) is 18.8 Å². The van der Waals surface area contributed by atoms with Crippen molar-refractivity contribution in [2.24, 2.45) is 30.6 Å². The first-order chi connectivity index (χ1) is 15.2. The summed E-state index contributed by atoms with van der Waals surface area (Å²) in [5.41, 5.74) is 15.4. The van der Waals surface area contributed by atoms with Gasteiger partial charge in [-0.1, -0.05) is 0 Å². The van der Waals surface area contributed by atoms with Crippen LogP contribution >= 0.6 is 0 Å². The lowest BCUT2D eigenvalue weighted by molar-refractivity contribution is 0.145. The maximum Gasteiger partial charge on any atom is 0.218 e. The molecular formula is C21H26N10O. The number of nitrogens with zero attached hydrogens (tertiary/aromatic N) is 8. The van der Waals surface area contributed by atoms with Gasteiger partial charge in [-0.15, -0.1) is 5.10 Å². The van der Waals surface area contributed by atoms with Crippen molar-refractivity contribution < 1.29 is 4.74 Å². The Morgan fingerprint density at radius 3 is 2.59 bits per heavy atom. The van der Waals surface area contributed by atoms with Gasteiger partial charge in [0.25, 0.3) is 0 Å². The lowest BCUT2D eigenvalue weighted by atomic mass is 10.1. The molecule has 0 fully saturated rings. The van der Waals surface area contributed by atoms with Gasteiger partial charge >= 0.3 is 0 Å². The molecule has 166 valence electrons. The van der Waals surface area contributed by atoms with E-state index in [0.717, 1.165) is 16.8 Å². The van der Waals surface area contributed by atoms with Gasteiger partial charge in [-0.05, 0) is 32.4 Å². The first-order valence-corrected chi connectivity index (χ1v) is 10.1. The summed E-state index contributed by atoms with van der Waals surface area (Å²) in [6.07, 6.45) is 8.70. The minimum Gasteiger partial charge on any atom is -0.477 e. The van der Waals surface area contributed by atoms with Gasteiger partial charge in [-0.25, -0.2) is 19.5 Å². The van der Waals surface area contributed by atoms with Gasteiger partial charge in [-0.3, -0.25) is 4.68 Å². The quantitative estimate of drug-likeness (QED) is 0.269. The van der Waals surface area contributed by atoms with E-state index in [4.69, 9.17) is 16.2 Å². The zero-order valence-electron chi connectivity index (χ0n) is 18.7. The molecule has 4 heterocycles. The average molecular weight is 435 g/mol. The summed E-state index contributed by atoms with van der Waals surface area (Å²) in [7, 11) is 3.75. The van der Waals surface area contributed by atoms with Crippen molar-refractivity contribution in [1.29, 1.82) is 0 Å². The van der Waals surface area contributed by atoms with Crippen molar-refractivity contribution in [2.75, 3.05) is 0 Å². The number of fused-ring (bicyclic) bond motifs is 1. The molecule has 4 N–H and O–H groups in total. The van der Waals surface area contributed by atoms with E-state index in [1.165, 1.54) is 6.08 Å². The second kappa shape index (κ2) is 8.17. The lowest BCUT2D eigenvalue weighted by Gasteiger charge is -2.09. The van der Waals surface area contributed by atoms with Crippen molar-refractivity contribution in [3.05, 3.63) is 48.4 Å². The highest BCUT2D eigenvalue weighted by Crippen LogP contribution is 2.32. The van der Waals surface area contributed by atoms with Crippen molar-refractivity contribution in [3.8, 4) is 22.9 Å². The van der Waals surface area contributed by atoms with E-state index in [9.17, 15) is 0 Å². The van der Waals surface area contributed by atoms with Gasteiger partial charge in [0, 0.05) is 50.5 Å². The zero-order valence-corrected chi connectivity index (χ0v) is 18.7. The highest BCUT2D eigenvalue weighted by Gasteiger charge is 2.19. The molecule has 0 bridgehead atoms. The normalized spacial score (nSPS) is 12.8. The predicted molar refractivity (Wildman–Crippen MR) is 122 cm³/mol. The second-order valence-electron chi connectivity index (χ2n) is 7.71. The summed E-state index contributed by atoms with van der Waals surface area (Å²) in [5.74, 6) is 1.75. The molecule has 0 spiro atoms. The van der Waals surface area contributed by atoms with Crippen LogP contribution in [0.2, 0.25) is 0 Å². The van der Waals surface area contributed by atoms with Crippen LogP contribution in [0.25, 0.3) is 28.4 Å². The Morgan fingerprint density at radius 1 is 1.19 bits per heavy atom. The van der Waals surface area contributed by atoms with E-state index in [2.05, 4.69) is 25.2 Å². The van der Waals surface area contributed by atoms with E-state index in [1.54, 1.807) is 15.4 Å². The Bertz CT molecular complexity index is 1340. The zero-order chi connectivity index (χ0) is 23.0. The highest BCUT2D eigenvalue weighted by atomic mass is 16.5. The maximum absolute atomic E-state index is 6.15. The van der Waals surface area contributed by atoms with Crippen LogP contribution in [0.4, 0.5) is 5.82 Å². The summed E-state index contributed by atoms with van der Waals surface area (Å²) in [6, 6.07) is 1.94. The standard InChI is InChI=1S/C21H26N10O/c1-12(2)32-17(23)10-16(22)25-19-18-13(3)14(15-6-8-30(5)27-15)11-31(18)28-20(26-19)21-24-7-9-29(21)4/h6-12H,23H2,1-5H3,(H2,22,25,26,28)/b17-10+. The minimum absolute atomic E-state index is 0.0753. The number of imidazole rings is 1. The number of ether oxygens (including phenoxy) is 1. The fourth-order valence-electron chi connectivity index (χ4n) is 3.39. The second-order valence-corrected chi connectivity index (χ2v) is 7.71. The molecule has 0 aliphatic heterocycles.